The van der Waals surface area contributed by atoms with Crippen molar-refractivity contribution in [1.82, 2.24) is 0 Å². The number of hydrogen-bond acceptors (Lipinski definition) is 2. The van der Waals surface area contributed by atoms with E-state index >= 15 is 0 Å². The number of carbonyl (C=O) groups excluding carboxylic acids is 1. The van der Waals surface area contributed by atoms with Crippen LogP contribution in [0.3, 0.4) is 0 Å². The number of nitriles is 1. The minimum absolute atomic E-state index is 0.0704. The maximum absolute atomic E-state index is 12.4. The van der Waals surface area contributed by atoms with E-state index in [2.05, 4.69) is 33.0 Å². The summed E-state index contributed by atoms with van der Waals surface area (Å²) in [5.74, 6) is -0.390. The van der Waals surface area contributed by atoms with Crippen LogP contribution in [0.2, 0.25) is 0 Å². The summed E-state index contributed by atoms with van der Waals surface area (Å²) in [6.07, 6.45) is 4.97. The first-order valence-electron chi connectivity index (χ1n) is 9.46. The molecule has 0 aliphatic carbocycles. The van der Waals surface area contributed by atoms with Gasteiger partial charge >= 0.3 is 0 Å². The van der Waals surface area contributed by atoms with Gasteiger partial charge in [0.1, 0.15) is 11.6 Å². The van der Waals surface area contributed by atoms with Crippen molar-refractivity contribution < 1.29 is 4.79 Å². The van der Waals surface area contributed by atoms with Gasteiger partial charge in [-0.05, 0) is 53.2 Å². The fraction of sp³-hybridized carbons (Fsp3) is 0.333. The zero-order valence-corrected chi connectivity index (χ0v) is 16.7. The molecule has 1 N–H and O–H groups in total. The topological polar surface area (TPSA) is 52.9 Å². The van der Waals surface area contributed by atoms with Gasteiger partial charge in [0.15, 0.2) is 0 Å². The van der Waals surface area contributed by atoms with Crippen LogP contribution >= 0.6 is 0 Å². The normalized spacial score (nSPS) is 11.7. The van der Waals surface area contributed by atoms with E-state index < -0.39 is 5.91 Å². The molecule has 3 heteroatoms. The van der Waals surface area contributed by atoms with Crippen LogP contribution in [0.4, 0.5) is 5.69 Å². The highest BCUT2D eigenvalue weighted by molar-refractivity contribution is 6.09. The Balaban J connectivity index is 2.09. The van der Waals surface area contributed by atoms with E-state index in [4.69, 9.17) is 0 Å². The summed E-state index contributed by atoms with van der Waals surface area (Å²) >= 11 is 0. The van der Waals surface area contributed by atoms with Crippen LogP contribution in [-0.2, 0) is 16.6 Å². The Bertz CT molecular complexity index is 832. The van der Waals surface area contributed by atoms with Gasteiger partial charge in [0.2, 0.25) is 0 Å². The molecular formula is C24H28N2O. The van der Waals surface area contributed by atoms with Gasteiger partial charge in [-0.25, -0.2) is 0 Å². The largest absolute Gasteiger partial charge is 0.321 e. The van der Waals surface area contributed by atoms with Gasteiger partial charge in [0.25, 0.3) is 5.91 Å². The molecule has 0 radical (unpaired) electrons. The van der Waals surface area contributed by atoms with Crippen molar-refractivity contribution >= 4 is 17.7 Å². The van der Waals surface area contributed by atoms with Crippen molar-refractivity contribution in [3.8, 4) is 6.07 Å². The number of benzene rings is 2. The zero-order chi connectivity index (χ0) is 19.9. The van der Waals surface area contributed by atoms with Gasteiger partial charge in [-0.2, -0.15) is 5.26 Å². The molecule has 140 valence electrons. The predicted octanol–water partition coefficient (Wildman–Crippen LogP) is 5.87. The highest BCUT2D eigenvalue weighted by Gasteiger charge is 2.13. The van der Waals surface area contributed by atoms with E-state index in [-0.39, 0.29) is 11.0 Å². The smallest absolute Gasteiger partial charge is 0.266 e. The van der Waals surface area contributed by atoms with Crippen LogP contribution < -0.4 is 5.32 Å². The highest BCUT2D eigenvalue weighted by Crippen LogP contribution is 2.23. The Morgan fingerprint density at radius 3 is 2.22 bits per heavy atom. The van der Waals surface area contributed by atoms with Crippen LogP contribution in [0.15, 0.2) is 54.1 Å². The third kappa shape index (κ3) is 6.11. The molecule has 0 aliphatic rings. The van der Waals surface area contributed by atoms with Crippen molar-refractivity contribution in [3.05, 3.63) is 70.8 Å². The minimum Gasteiger partial charge on any atom is -0.321 e. The second-order valence-electron chi connectivity index (χ2n) is 7.80. The minimum atomic E-state index is -0.390. The lowest BCUT2D eigenvalue weighted by atomic mass is 9.86. The first kappa shape index (κ1) is 20.5. The SMILES string of the molecule is CCCCc1ccc(NC(=O)/C(C#N)=C\c2ccc(C(C)(C)C)cc2)cc1. The molecular weight excluding hydrogens is 332 g/mol. The molecule has 0 aliphatic heterocycles. The van der Waals surface area contributed by atoms with Gasteiger partial charge in [0, 0.05) is 5.69 Å². The fourth-order valence-corrected chi connectivity index (χ4v) is 2.73. The number of carbonyl (C=O) groups is 1. The summed E-state index contributed by atoms with van der Waals surface area (Å²) in [5.41, 5.74) is 4.17. The monoisotopic (exact) mass is 360 g/mol. The van der Waals surface area contributed by atoms with E-state index in [1.54, 1.807) is 6.08 Å². The first-order valence-corrected chi connectivity index (χ1v) is 9.46. The molecule has 0 spiro atoms. The summed E-state index contributed by atoms with van der Waals surface area (Å²) in [6.45, 7) is 8.62. The van der Waals surface area contributed by atoms with E-state index in [1.165, 1.54) is 11.1 Å². The van der Waals surface area contributed by atoms with Gasteiger partial charge in [-0.1, -0.05) is 70.5 Å². The summed E-state index contributed by atoms with van der Waals surface area (Å²) < 4.78 is 0. The maximum Gasteiger partial charge on any atom is 0.266 e. The number of unbranched alkanes of at least 4 members (excludes halogenated alkanes) is 1. The lowest BCUT2D eigenvalue weighted by Gasteiger charge is -2.18. The van der Waals surface area contributed by atoms with Crippen LogP contribution in [0.5, 0.6) is 0 Å². The summed E-state index contributed by atoms with van der Waals surface area (Å²) in [6, 6.07) is 17.8. The van der Waals surface area contributed by atoms with Crippen molar-refractivity contribution in [3.63, 3.8) is 0 Å². The molecule has 3 nitrogen and oxygen atoms in total. The lowest BCUT2D eigenvalue weighted by Crippen LogP contribution is -2.13. The molecule has 0 atom stereocenters. The number of hydrogen-bond donors (Lipinski definition) is 1. The third-order valence-corrected chi connectivity index (χ3v) is 4.48. The molecule has 0 fully saturated rings. The number of nitrogens with zero attached hydrogens (tertiary/aromatic N) is 1. The third-order valence-electron chi connectivity index (χ3n) is 4.48. The average molecular weight is 361 g/mol. The van der Waals surface area contributed by atoms with Gasteiger partial charge in [-0.3, -0.25) is 4.79 Å². The van der Waals surface area contributed by atoms with Crippen molar-refractivity contribution in [2.24, 2.45) is 0 Å². The molecule has 1 amide bonds. The molecule has 2 aromatic rings. The highest BCUT2D eigenvalue weighted by atomic mass is 16.1. The molecule has 0 saturated carbocycles. The number of rotatable bonds is 6. The molecule has 0 bridgehead atoms. The van der Waals surface area contributed by atoms with E-state index in [0.29, 0.717) is 5.69 Å². The standard InChI is InChI=1S/C24H28N2O/c1-5-6-7-18-10-14-22(15-11-18)26-23(27)20(17-25)16-19-8-12-21(13-9-19)24(2,3)4/h8-16H,5-7H2,1-4H3,(H,26,27)/b20-16-. The van der Waals surface area contributed by atoms with Crippen molar-refractivity contribution in [2.75, 3.05) is 5.32 Å². The Hall–Kier alpha value is -2.86. The summed E-state index contributed by atoms with van der Waals surface area (Å²) in [5, 5.41) is 12.2. The Labute approximate surface area is 162 Å². The second kappa shape index (κ2) is 9.19. The van der Waals surface area contributed by atoms with Crippen LogP contribution in [0.1, 0.15) is 57.2 Å². The molecule has 2 rings (SSSR count). The number of anilines is 1. The predicted molar refractivity (Wildman–Crippen MR) is 112 cm³/mol. The average Bonchev–Trinajstić information content (AvgIpc) is 2.65. The van der Waals surface area contributed by atoms with Crippen LogP contribution in [-0.4, -0.2) is 5.91 Å². The lowest BCUT2D eigenvalue weighted by molar-refractivity contribution is -0.112. The Morgan fingerprint density at radius 1 is 1.07 bits per heavy atom. The van der Waals surface area contributed by atoms with Gasteiger partial charge in [-0.15, -0.1) is 0 Å². The second-order valence-corrected chi connectivity index (χ2v) is 7.80. The molecule has 2 aromatic carbocycles. The first-order chi connectivity index (χ1) is 12.8. The zero-order valence-electron chi connectivity index (χ0n) is 16.7. The molecule has 27 heavy (non-hydrogen) atoms. The van der Waals surface area contributed by atoms with Crippen molar-refractivity contribution in [1.29, 1.82) is 5.26 Å². The number of amides is 1. The van der Waals surface area contributed by atoms with E-state index in [0.717, 1.165) is 24.8 Å². The fourth-order valence-electron chi connectivity index (χ4n) is 2.73. The maximum atomic E-state index is 12.4. The summed E-state index contributed by atoms with van der Waals surface area (Å²) in [7, 11) is 0. The van der Waals surface area contributed by atoms with E-state index in [9.17, 15) is 10.1 Å². The van der Waals surface area contributed by atoms with Crippen molar-refractivity contribution in [2.45, 2.75) is 52.4 Å². The van der Waals surface area contributed by atoms with E-state index in [1.807, 2.05) is 54.6 Å². The molecule has 0 aromatic heterocycles. The van der Waals surface area contributed by atoms with Gasteiger partial charge < -0.3 is 5.32 Å². The Morgan fingerprint density at radius 2 is 1.70 bits per heavy atom. The van der Waals surface area contributed by atoms with Crippen LogP contribution in [0.25, 0.3) is 6.08 Å². The molecule has 0 heterocycles. The van der Waals surface area contributed by atoms with Gasteiger partial charge in [0.05, 0.1) is 0 Å². The number of aryl methyl sites for hydroxylation is 1. The molecule has 0 unspecified atom stereocenters. The number of nitrogens with one attached hydrogen (secondary N) is 1. The quantitative estimate of drug-likeness (QED) is 0.517. The Kier molecular flexibility index (Phi) is 6.96. The summed E-state index contributed by atoms with van der Waals surface area (Å²) in [4.78, 5) is 12.4. The van der Waals surface area contributed by atoms with Crippen LogP contribution in [0, 0.1) is 11.3 Å². The molecule has 0 saturated heterocycles.